The molecule has 2 heterocycles. The van der Waals surface area contributed by atoms with Crippen molar-refractivity contribution in [3.8, 4) is 0 Å². The Bertz CT molecular complexity index is 397. The van der Waals surface area contributed by atoms with Crippen molar-refractivity contribution < 1.29 is 0 Å². The SMILES string of the molecule is CN(c1ccc(Br)cn1)c1cccs1. The lowest BCUT2D eigenvalue weighted by atomic mass is 10.4. The molecule has 0 unspecified atom stereocenters. The Labute approximate surface area is 95.3 Å². The van der Waals surface area contributed by atoms with Gasteiger partial charge in [0.25, 0.3) is 0 Å². The highest BCUT2D eigenvalue weighted by Gasteiger charge is 2.04. The van der Waals surface area contributed by atoms with Crippen molar-refractivity contribution in [2.45, 2.75) is 0 Å². The highest BCUT2D eigenvalue weighted by Crippen LogP contribution is 2.26. The molecule has 0 atom stereocenters. The quantitative estimate of drug-likeness (QED) is 0.826. The van der Waals surface area contributed by atoms with E-state index in [1.165, 1.54) is 5.00 Å². The zero-order chi connectivity index (χ0) is 9.97. The average Bonchev–Trinajstić information content (AvgIpc) is 2.71. The number of hydrogen-bond acceptors (Lipinski definition) is 3. The van der Waals surface area contributed by atoms with Gasteiger partial charge in [0.05, 0.1) is 5.00 Å². The van der Waals surface area contributed by atoms with Gasteiger partial charge in [0.2, 0.25) is 0 Å². The lowest BCUT2D eigenvalue weighted by Gasteiger charge is -2.15. The summed E-state index contributed by atoms with van der Waals surface area (Å²) in [4.78, 5) is 6.39. The maximum atomic E-state index is 4.32. The first-order valence-electron chi connectivity index (χ1n) is 4.16. The molecule has 4 heteroatoms. The topological polar surface area (TPSA) is 16.1 Å². The molecule has 14 heavy (non-hydrogen) atoms. The van der Waals surface area contributed by atoms with Crippen LogP contribution in [0.5, 0.6) is 0 Å². The van der Waals surface area contributed by atoms with Crippen LogP contribution in [0.15, 0.2) is 40.3 Å². The number of hydrogen-bond donors (Lipinski definition) is 0. The van der Waals surface area contributed by atoms with E-state index in [9.17, 15) is 0 Å². The van der Waals surface area contributed by atoms with E-state index >= 15 is 0 Å². The van der Waals surface area contributed by atoms with Crippen LogP contribution in [0.4, 0.5) is 10.8 Å². The molecule has 2 aromatic rings. The Hall–Kier alpha value is -0.870. The second-order valence-corrected chi connectivity index (χ2v) is 4.69. The molecule has 0 N–H and O–H groups in total. The molecular weight excluding hydrogens is 260 g/mol. The first-order chi connectivity index (χ1) is 6.77. The zero-order valence-corrected chi connectivity index (χ0v) is 10.0. The van der Waals surface area contributed by atoms with Crippen molar-refractivity contribution in [3.63, 3.8) is 0 Å². The Morgan fingerprint density at radius 1 is 1.36 bits per heavy atom. The third-order valence-electron chi connectivity index (χ3n) is 1.89. The molecule has 0 spiro atoms. The third kappa shape index (κ3) is 1.96. The monoisotopic (exact) mass is 268 g/mol. The van der Waals surface area contributed by atoms with E-state index < -0.39 is 0 Å². The summed E-state index contributed by atoms with van der Waals surface area (Å²) in [6, 6.07) is 8.10. The Balaban J connectivity index is 2.28. The second-order valence-electron chi connectivity index (χ2n) is 2.84. The smallest absolute Gasteiger partial charge is 0.133 e. The van der Waals surface area contributed by atoms with Gasteiger partial charge in [-0.1, -0.05) is 0 Å². The largest absolute Gasteiger partial charge is 0.321 e. The van der Waals surface area contributed by atoms with E-state index in [2.05, 4.69) is 37.3 Å². The van der Waals surface area contributed by atoms with Crippen molar-refractivity contribution in [3.05, 3.63) is 40.3 Å². The zero-order valence-electron chi connectivity index (χ0n) is 7.64. The van der Waals surface area contributed by atoms with Crippen LogP contribution in [0.1, 0.15) is 0 Å². The van der Waals surface area contributed by atoms with Crippen LogP contribution in [-0.4, -0.2) is 12.0 Å². The molecule has 0 aliphatic carbocycles. The highest BCUT2D eigenvalue weighted by molar-refractivity contribution is 9.10. The van der Waals surface area contributed by atoms with Gasteiger partial charge < -0.3 is 4.90 Å². The summed E-state index contributed by atoms with van der Waals surface area (Å²) >= 11 is 5.07. The van der Waals surface area contributed by atoms with Gasteiger partial charge in [0, 0.05) is 17.7 Å². The molecule has 0 amide bonds. The molecule has 0 aliphatic rings. The molecule has 0 bridgehead atoms. The van der Waals surface area contributed by atoms with E-state index in [4.69, 9.17) is 0 Å². The van der Waals surface area contributed by atoms with Crippen LogP contribution >= 0.6 is 27.3 Å². The van der Waals surface area contributed by atoms with Crippen molar-refractivity contribution in [1.29, 1.82) is 0 Å². The minimum atomic E-state index is 0.954. The molecule has 0 aliphatic heterocycles. The van der Waals surface area contributed by atoms with Crippen molar-refractivity contribution in [1.82, 2.24) is 4.98 Å². The van der Waals surface area contributed by atoms with Crippen LogP contribution in [0.2, 0.25) is 0 Å². The van der Waals surface area contributed by atoms with Crippen LogP contribution in [-0.2, 0) is 0 Å². The maximum Gasteiger partial charge on any atom is 0.133 e. The highest BCUT2D eigenvalue weighted by atomic mass is 79.9. The number of pyridine rings is 1. The summed E-state index contributed by atoms with van der Waals surface area (Å²) in [7, 11) is 2.02. The van der Waals surface area contributed by atoms with Gasteiger partial charge in [-0.2, -0.15) is 0 Å². The molecule has 0 aromatic carbocycles. The predicted octanol–water partition coefficient (Wildman–Crippen LogP) is 3.67. The van der Waals surface area contributed by atoms with E-state index in [0.717, 1.165) is 10.3 Å². The van der Waals surface area contributed by atoms with E-state index in [-0.39, 0.29) is 0 Å². The molecule has 0 saturated carbocycles. The van der Waals surface area contributed by atoms with Crippen molar-refractivity contribution >= 4 is 38.1 Å². The van der Waals surface area contributed by atoms with Crippen molar-refractivity contribution in [2.24, 2.45) is 0 Å². The maximum absolute atomic E-state index is 4.32. The third-order valence-corrected chi connectivity index (χ3v) is 3.31. The summed E-state index contributed by atoms with van der Waals surface area (Å²) in [5, 5.41) is 3.25. The molecule has 0 saturated heterocycles. The number of thiophene rings is 1. The number of aromatic nitrogens is 1. The lowest BCUT2D eigenvalue weighted by molar-refractivity contribution is 1.14. The minimum absolute atomic E-state index is 0.954. The summed E-state index contributed by atoms with van der Waals surface area (Å²) < 4.78 is 1.00. The van der Waals surface area contributed by atoms with Crippen molar-refractivity contribution in [2.75, 3.05) is 11.9 Å². The fourth-order valence-electron chi connectivity index (χ4n) is 1.14. The molecular formula is C10H9BrN2S. The van der Waals surface area contributed by atoms with Gasteiger partial charge in [-0.3, -0.25) is 0 Å². The average molecular weight is 269 g/mol. The first kappa shape index (κ1) is 9.68. The summed E-state index contributed by atoms with van der Waals surface area (Å²) in [6.45, 7) is 0. The van der Waals surface area contributed by atoms with Crippen LogP contribution in [0, 0.1) is 0 Å². The lowest BCUT2D eigenvalue weighted by Crippen LogP contribution is -2.08. The number of rotatable bonds is 2. The van der Waals surface area contributed by atoms with Gasteiger partial charge in [-0.15, -0.1) is 11.3 Å². The Kier molecular flexibility index (Phi) is 2.84. The van der Waals surface area contributed by atoms with Gasteiger partial charge >= 0.3 is 0 Å². The van der Waals surface area contributed by atoms with Crippen LogP contribution in [0.3, 0.4) is 0 Å². The summed E-state index contributed by atoms with van der Waals surface area (Å²) in [5.74, 6) is 0.954. The van der Waals surface area contributed by atoms with E-state index in [0.29, 0.717) is 0 Å². The normalized spacial score (nSPS) is 10.1. The number of anilines is 2. The second kappa shape index (κ2) is 4.11. The molecule has 2 nitrogen and oxygen atoms in total. The van der Waals surface area contributed by atoms with Gasteiger partial charge in [0.1, 0.15) is 5.82 Å². The minimum Gasteiger partial charge on any atom is -0.321 e. The van der Waals surface area contributed by atoms with Crippen LogP contribution in [0.25, 0.3) is 0 Å². The molecule has 72 valence electrons. The molecule has 0 fully saturated rings. The fraction of sp³-hybridized carbons (Fsp3) is 0.100. The Morgan fingerprint density at radius 2 is 2.21 bits per heavy atom. The van der Waals surface area contributed by atoms with Gasteiger partial charge in [-0.25, -0.2) is 4.98 Å². The predicted molar refractivity (Wildman–Crippen MR) is 64.3 cm³/mol. The molecule has 2 rings (SSSR count). The fourth-order valence-corrected chi connectivity index (χ4v) is 2.08. The molecule has 2 aromatic heterocycles. The number of nitrogens with zero attached hydrogens (tertiary/aromatic N) is 2. The number of halogens is 1. The Morgan fingerprint density at radius 3 is 2.79 bits per heavy atom. The molecule has 0 radical (unpaired) electrons. The van der Waals surface area contributed by atoms with Gasteiger partial charge in [0.15, 0.2) is 0 Å². The first-order valence-corrected chi connectivity index (χ1v) is 5.83. The summed E-state index contributed by atoms with van der Waals surface area (Å²) in [5.41, 5.74) is 0. The summed E-state index contributed by atoms with van der Waals surface area (Å²) in [6.07, 6.45) is 1.80. The van der Waals surface area contributed by atoms with E-state index in [1.807, 2.05) is 25.2 Å². The van der Waals surface area contributed by atoms with E-state index in [1.54, 1.807) is 17.5 Å². The standard InChI is InChI=1S/C10H9BrN2S/c1-13(10-3-2-6-14-10)9-5-4-8(11)7-12-9/h2-7H,1H3. The van der Waals surface area contributed by atoms with Crippen LogP contribution < -0.4 is 4.90 Å². The van der Waals surface area contributed by atoms with Gasteiger partial charge in [-0.05, 0) is 45.6 Å².